The number of carbonyl (C=O) groups is 1. The number of allylic oxidation sites excluding steroid dienone is 1. The van der Waals surface area contributed by atoms with E-state index >= 15 is 0 Å². The lowest BCUT2D eigenvalue weighted by Gasteiger charge is -2.06. The molecule has 0 bridgehead atoms. The summed E-state index contributed by atoms with van der Waals surface area (Å²) in [5.74, 6) is 0.583. The first-order chi connectivity index (χ1) is 9.97. The predicted octanol–water partition coefficient (Wildman–Crippen LogP) is 5.04. The van der Waals surface area contributed by atoms with Crippen molar-refractivity contribution in [1.29, 1.82) is 0 Å². The maximum atomic E-state index is 11.9. The van der Waals surface area contributed by atoms with Crippen molar-refractivity contribution in [3.8, 4) is 5.75 Å². The van der Waals surface area contributed by atoms with Gasteiger partial charge in [-0.1, -0.05) is 41.4 Å². The Morgan fingerprint density at radius 1 is 1.05 bits per heavy atom. The third-order valence-electron chi connectivity index (χ3n) is 3.17. The van der Waals surface area contributed by atoms with E-state index in [0.717, 1.165) is 21.7 Å². The Hall–Kier alpha value is -2.06. The third-order valence-corrected chi connectivity index (χ3v) is 3.77. The van der Waals surface area contributed by atoms with Crippen molar-refractivity contribution in [1.82, 2.24) is 0 Å². The van der Waals surface area contributed by atoms with Gasteiger partial charge in [0.1, 0.15) is 5.75 Å². The van der Waals surface area contributed by atoms with E-state index in [-0.39, 0.29) is 5.78 Å². The van der Waals surface area contributed by atoms with E-state index in [2.05, 4.69) is 0 Å². The highest BCUT2D eigenvalue weighted by Crippen LogP contribution is 2.25. The number of halogens is 1. The van der Waals surface area contributed by atoms with Crippen LogP contribution in [0.4, 0.5) is 0 Å². The van der Waals surface area contributed by atoms with E-state index in [9.17, 15) is 4.79 Å². The summed E-state index contributed by atoms with van der Waals surface area (Å²) >= 11 is 6.10. The zero-order chi connectivity index (χ0) is 15.4. The second kappa shape index (κ2) is 6.59. The van der Waals surface area contributed by atoms with Crippen LogP contribution in [0.1, 0.15) is 27.0 Å². The number of hydrogen-bond acceptors (Lipinski definition) is 2. The van der Waals surface area contributed by atoms with Gasteiger partial charge in [0.25, 0.3) is 0 Å². The van der Waals surface area contributed by atoms with Gasteiger partial charge in [-0.05, 0) is 44.0 Å². The minimum Gasteiger partial charge on any atom is -0.465 e. The van der Waals surface area contributed by atoms with E-state index < -0.39 is 0 Å². The van der Waals surface area contributed by atoms with Crippen LogP contribution in [0.25, 0.3) is 0 Å². The number of aryl methyl sites for hydroxylation is 3. The molecule has 0 fully saturated rings. The predicted molar refractivity (Wildman–Crippen MR) is 86.2 cm³/mol. The molecule has 3 heteroatoms. The molecule has 0 aliphatic rings. The van der Waals surface area contributed by atoms with Crippen LogP contribution < -0.4 is 4.74 Å². The summed E-state index contributed by atoms with van der Waals surface area (Å²) in [7, 11) is 0. The molecule has 0 aliphatic heterocycles. The summed E-state index contributed by atoms with van der Waals surface area (Å²) in [6.45, 7) is 5.82. The number of hydrogen-bond donors (Lipinski definition) is 0. The molecule has 0 N–H and O–H groups in total. The highest BCUT2D eigenvalue weighted by Gasteiger charge is 2.04. The molecule has 0 aromatic heterocycles. The zero-order valence-corrected chi connectivity index (χ0v) is 13.1. The molecule has 0 saturated heterocycles. The molecule has 0 spiro atoms. The summed E-state index contributed by atoms with van der Waals surface area (Å²) in [5.41, 5.74) is 3.66. The molecule has 0 heterocycles. The minimum absolute atomic E-state index is 0.0857. The van der Waals surface area contributed by atoms with Gasteiger partial charge in [-0.2, -0.15) is 0 Å². The average Bonchev–Trinajstić information content (AvgIpc) is 2.45. The summed E-state index contributed by atoms with van der Waals surface area (Å²) in [5, 5.41) is 0.738. The van der Waals surface area contributed by atoms with Crippen molar-refractivity contribution < 1.29 is 9.53 Å². The van der Waals surface area contributed by atoms with Gasteiger partial charge >= 0.3 is 0 Å². The number of rotatable bonds is 4. The first kappa shape index (κ1) is 15.3. The Morgan fingerprint density at radius 2 is 1.62 bits per heavy atom. The van der Waals surface area contributed by atoms with Gasteiger partial charge in [0, 0.05) is 16.7 Å². The maximum Gasteiger partial charge on any atom is 0.188 e. The van der Waals surface area contributed by atoms with Gasteiger partial charge in [-0.25, -0.2) is 0 Å². The van der Waals surface area contributed by atoms with Crippen molar-refractivity contribution >= 4 is 17.4 Å². The zero-order valence-electron chi connectivity index (χ0n) is 12.3. The Bertz CT molecular complexity index is 662. The van der Waals surface area contributed by atoms with E-state index in [1.54, 1.807) is 12.1 Å². The van der Waals surface area contributed by atoms with Crippen LogP contribution in [-0.2, 0) is 0 Å². The van der Waals surface area contributed by atoms with Gasteiger partial charge in [0.05, 0.1) is 6.26 Å². The lowest BCUT2D eigenvalue weighted by molar-refractivity contribution is 0.104. The van der Waals surface area contributed by atoms with Gasteiger partial charge < -0.3 is 4.74 Å². The lowest BCUT2D eigenvalue weighted by Crippen LogP contribution is -1.95. The highest BCUT2D eigenvalue weighted by molar-refractivity contribution is 6.32. The fourth-order valence-corrected chi connectivity index (χ4v) is 2.07. The minimum atomic E-state index is -0.0857. The van der Waals surface area contributed by atoms with Crippen molar-refractivity contribution in [2.24, 2.45) is 0 Å². The molecule has 0 amide bonds. The third kappa shape index (κ3) is 3.96. The Morgan fingerprint density at radius 3 is 2.19 bits per heavy atom. The monoisotopic (exact) mass is 300 g/mol. The summed E-state index contributed by atoms with van der Waals surface area (Å²) in [4.78, 5) is 11.9. The first-order valence-corrected chi connectivity index (χ1v) is 7.06. The van der Waals surface area contributed by atoms with Crippen LogP contribution in [0, 0.1) is 20.8 Å². The second-order valence-corrected chi connectivity index (χ2v) is 5.40. The number of benzene rings is 2. The molecule has 0 aliphatic carbocycles. The molecule has 2 rings (SSSR count). The molecule has 108 valence electrons. The van der Waals surface area contributed by atoms with Crippen molar-refractivity contribution in [2.75, 3.05) is 0 Å². The van der Waals surface area contributed by atoms with Crippen LogP contribution >= 0.6 is 11.6 Å². The van der Waals surface area contributed by atoms with Crippen LogP contribution in [0.15, 0.2) is 48.7 Å². The number of ketones is 1. The Labute approximate surface area is 130 Å². The normalized spacial score (nSPS) is 10.9. The average molecular weight is 301 g/mol. The number of ether oxygens (including phenoxy) is 1. The maximum absolute atomic E-state index is 11.9. The highest BCUT2D eigenvalue weighted by atomic mass is 35.5. The standard InChI is InChI=1S/C18H17ClO2/c1-12-4-6-15(7-5-12)17(20)8-9-21-16-10-13(2)18(19)14(3)11-16/h4-11H,1-3H3/b9-8+. The lowest BCUT2D eigenvalue weighted by atomic mass is 10.1. The first-order valence-electron chi connectivity index (χ1n) is 6.68. The fraction of sp³-hybridized carbons (Fsp3) is 0.167. The summed E-state index contributed by atoms with van der Waals surface area (Å²) in [6, 6.07) is 11.1. The topological polar surface area (TPSA) is 26.3 Å². The SMILES string of the molecule is Cc1ccc(C(=O)/C=C/Oc2cc(C)c(Cl)c(C)c2)cc1. The molecule has 2 aromatic carbocycles. The number of carbonyl (C=O) groups excluding carboxylic acids is 1. The Kier molecular flexibility index (Phi) is 4.81. The molecule has 0 unspecified atom stereocenters. The molecule has 0 radical (unpaired) electrons. The second-order valence-electron chi connectivity index (χ2n) is 5.02. The summed E-state index contributed by atoms with van der Waals surface area (Å²) < 4.78 is 5.48. The van der Waals surface area contributed by atoms with E-state index in [1.165, 1.54) is 12.3 Å². The fourth-order valence-electron chi connectivity index (χ4n) is 1.96. The van der Waals surface area contributed by atoms with Gasteiger partial charge in [-0.3, -0.25) is 4.79 Å². The molecular weight excluding hydrogens is 284 g/mol. The smallest absolute Gasteiger partial charge is 0.188 e. The van der Waals surface area contributed by atoms with Crippen LogP contribution in [0.3, 0.4) is 0 Å². The molecule has 21 heavy (non-hydrogen) atoms. The Balaban J connectivity index is 2.05. The molecule has 0 saturated carbocycles. The molecule has 2 nitrogen and oxygen atoms in total. The molecule has 2 aromatic rings. The molecular formula is C18H17ClO2. The van der Waals surface area contributed by atoms with Gasteiger partial charge in [0.15, 0.2) is 5.78 Å². The van der Waals surface area contributed by atoms with Crippen molar-refractivity contribution in [3.05, 3.63) is 76.0 Å². The van der Waals surface area contributed by atoms with Crippen LogP contribution in [-0.4, -0.2) is 5.78 Å². The quantitative estimate of drug-likeness (QED) is 0.449. The van der Waals surface area contributed by atoms with Crippen molar-refractivity contribution in [3.63, 3.8) is 0 Å². The largest absolute Gasteiger partial charge is 0.465 e. The van der Waals surface area contributed by atoms with Crippen molar-refractivity contribution in [2.45, 2.75) is 20.8 Å². The van der Waals surface area contributed by atoms with E-state index in [1.807, 2.05) is 45.0 Å². The van der Waals surface area contributed by atoms with Gasteiger partial charge in [0.2, 0.25) is 0 Å². The summed E-state index contributed by atoms with van der Waals surface area (Å²) in [6.07, 6.45) is 2.83. The van der Waals surface area contributed by atoms with Gasteiger partial charge in [-0.15, -0.1) is 0 Å². The van der Waals surface area contributed by atoms with E-state index in [4.69, 9.17) is 16.3 Å². The van der Waals surface area contributed by atoms with E-state index in [0.29, 0.717) is 11.3 Å². The van der Waals surface area contributed by atoms with Crippen LogP contribution in [0.2, 0.25) is 5.02 Å². The van der Waals surface area contributed by atoms with Crippen LogP contribution in [0.5, 0.6) is 5.75 Å². The molecule has 0 atom stereocenters.